The lowest BCUT2D eigenvalue weighted by Crippen LogP contribution is -2.20. The van der Waals surface area contributed by atoms with Gasteiger partial charge in [0.15, 0.2) is 11.5 Å². The SMILES string of the molecule is COc1ccc(F)c(S(=O)(=O)Nc2ccc(-c3nc(OCC(CO)CO)c4c(C)[nH]nc4n3)cc2)c1. The molecule has 11 nitrogen and oxygen atoms in total. The molecule has 2 heterocycles. The van der Waals surface area contributed by atoms with Crippen LogP contribution < -0.4 is 14.2 Å². The lowest BCUT2D eigenvalue weighted by atomic mass is 10.2. The number of aliphatic hydroxyl groups is 2. The first-order valence-electron chi connectivity index (χ1n) is 10.8. The maximum atomic E-state index is 14.2. The summed E-state index contributed by atoms with van der Waals surface area (Å²) in [5.41, 5.74) is 1.78. The third kappa shape index (κ3) is 5.22. The van der Waals surface area contributed by atoms with Crippen molar-refractivity contribution in [3.05, 3.63) is 54.0 Å². The Labute approximate surface area is 206 Å². The van der Waals surface area contributed by atoms with Gasteiger partial charge in [-0.1, -0.05) is 0 Å². The molecule has 0 radical (unpaired) electrons. The molecule has 2 aromatic heterocycles. The zero-order valence-corrected chi connectivity index (χ0v) is 20.2. The predicted molar refractivity (Wildman–Crippen MR) is 129 cm³/mol. The van der Waals surface area contributed by atoms with Crippen LogP contribution in [0, 0.1) is 18.7 Å². The fourth-order valence-corrected chi connectivity index (χ4v) is 4.49. The highest BCUT2D eigenvalue weighted by Gasteiger charge is 2.21. The van der Waals surface area contributed by atoms with E-state index >= 15 is 0 Å². The maximum Gasteiger partial charge on any atom is 0.264 e. The standard InChI is InChI=1S/C23H24FN5O6S/c1-13-20-22(28-27-13)25-21(26-23(20)35-12-14(10-30)11-31)15-3-5-16(6-4-15)29-36(32,33)19-9-17(34-2)7-8-18(19)24/h3-9,14,29-31H,10-12H2,1-2H3,(H,25,26,27,28). The molecule has 4 aromatic rings. The summed E-state index contributed by atoms with van der Waals surface area (Å²) in [6.45, 7) is 1.32. The monoisotopic (exact) mass is 517 g/mol. The van der Waals surface area contributed by atoms with E-state index in [0.717, 1.165) is 12.1 Å². The summed E-state index contributed by atoms with van der Waals surface area (Å²) in [6, 6.07) is 9.60. The van der Waals surface area contributed by atoms with E-state index in [4.69, 9.17) is 9.47 Å². The molecule has 2 aromatic carbocycles. The number of aryl methyl sites for hydroxylation is 1. The van der Waals surface area contributed by atoms with Crippen LogP contribution in [-0.2, 0) is 10.0 Å². The van der Waals surface area contributed by atoms with Crippen molar-refractivity contribution in [1.82, 2.24) is 20.2 Å². The Kier molecular flexibility index (Phi) is 7.33. The molecule has 0 aliphatic carbocycles. The topological polar surface area (TPSA) is 160 Å². The number of nitrogens with zero attached hydrogens (tertiary/aromatic N) is 3. The summed E-state index contributed by atoms with van der Waals surface area (Å²) in [6.07, 6.45) is 0. The number of aliphatic hydroxyl groups excluding tert-OH is 2. The number of halogens is 1. The second-order valence-electron chi connectivity index (χ2n) is 7.92. The average molecular weight is 518 g/mol. The third-order valence-electron chi connectivity index (χ3n) is 5.36. The van der Waals surface area contributed by atoms with Crippen LogP contribution in [0.15, 0.2) is 47.4 Å². The molecule has 0 atom stereocenters. The fourth-order valence-electron chi connectivity index (χ4n) is 3.34. The van der Waals surface area contributed by atoms with E-state index in [1.54, 1.807) is 19.1 Å². The number of rotatable bonds is 10. The van der Waals surface area contributed by atoms with Gasteiger partial charge in [0.1, 0.15) is 21.8 Å². The van der Waals surface area contributed by atoms with Crippen LogP contribution >= 0.6 is 0 Å². The number of fused-ring (bicyclic) bond motifs is 1. The van der Waals surface area contributed by atoms with E-state index in [9.17, 15) is 23.0 Å². The zero-order valence-electron chi connectivity index (χ0n) is 19.4. The molecule has 0 unspecified atom stereocenters. The van der Waals surface area contributed by atoms with Crippen LogP contribution in [0.2, 0.25) is 0 Å². The number of benzene rings is 2. The summed E-state index contributed by atoms with van der Waals surface area (Å²) in [5, 5.41) is 26.2. The van der Waals surface area contributed by atoms with Crippen LogP contribution in [-0.4, -0.2) is 65.7 Å². The van der Waals surface area contributed by atoms with Crippen LogP contribution in [0.4, 0.5) is 10.1 Å². The summed E-state index contributed by atoms with van der Waals surface area (Å²) in [5.74, 6) is -0.690. The van der Waals surface area contributed by atoms with E-state index in [1.807, 2.05) is 0 Å². The van der Waals surface area contributed by atoms with Crippen molar-refractivity contribution < 1.29 is 32.5 Å². The fraction of sp³-hybridized carbons (Fsp3) is 0.261. The normalized spacial score (nSPS) is 11.7. The van der Waals surface area contributed by atoms with Gasteiger partial charge in [-0.15, -0.1) is 0 Å². The summed E-state index contributed by atoms with van der Waals surface area (Å²) in [7, 11) is -2.86. The van der Waals surface area contributed by atoms with Gasteiger partial charge in [0, 0.05) is 28.9 Å². The van der Waals surface area contributed by atoms with Gasteiger partial charge >= 0.3 is 0 Å². The van der Waals surface area contributed by atoms with Gasteiger partial charge in [0.05, 0.1) is 26.9 Å². The molecule has 0 fully saturated rings. The number of hydrogen-bond acceptors (Lipinski definition) is 9. The summed E-state index contributed by atoms with van der Waals surface area (Å²) < 4.78 is 52.7. The van der Waals surface area contributed by atoms with Crippen LogP contribution in [0.5, 0.6) is 11.6 Å². The number of aromatic amines is 1. The molecule has 190 valence electrons. The molecule has 4 rings (SSSR count). The first kappa shape index (κ1) is 25.3. The van der Waals surface area contributed by atoms with Crippen LogP contribution in [0.1, 0.15) is 5.69 Å². The Morgan fingerprint density at radius 3 is 2.50 bits per heavy atom. The zero-order chi connectivity index (χ0) is 25.9. The van der Waals surface area contributed by atoms with Gasteiger partial charge in [-0.25, -0.2) is 17.8 Å². The van der Waals surface area contributed by atoms with Gasteiger partial charge in [-0.3, -0.25) is 9.82 Å². The number of sulfonamides is 1. The predicted octanol–water partition coefficient (Wildman–Crippen LogP) is 2.26. The van der Waals surface area contributed by atoms with Gasteiger partial charge in [0.25, 0.3) is 10.0 Å². The smallest absolute Gasteiger partial charge is 0.264 e. The number of ether oxygens (including phenoxy) is 2. The van der Waals surface area contributed by atoms with Crippen molar-refractivity contribution >= 4 is 26.7 Å². The van der Waals surface area contributed by atoms with Gasteiger partial charge in [-0.05, 0) is 43.3 Å². The van der Waals surface area contributed by atoms with Crippen molar-refractivity contribution in [2.75, 3.05) is 31.7 Å². The Morgan fingerprint density at radius 2 is 1.83 bits per heavy atom. The lowest BCUT2D eigenvalue weighted by molar-refractivity contribution is 0.105. The van der Waals surface area contributed by atoms with Crippen LogP contribution in [0.25, 0.3) is 22.4 Å². The van der Waals surface area contributed by atoms with E-state index in [1.165, 1.54) is 25.3 Å². The first-order chi connectivity index (χ1) is 17.2. The largest absolute Gasteiger partial charge is 0.497 e. The van der Waals surface area contributed by atoms with Crippen molar-refractivity contribution in [1.29, 1.82) is 0 Å². The molecule has 0 saturated heterocycles. The maximum absolute atomic E-state index is 14.2. The minimum atomic E-state index is -4.22. The van der Waals surface area contributed by atoms with E-state index in [0.29, 0.717) is 22.3 Å². The Morgan fingerprint density at radius 1 is 1.11 bits per heavy atom. The molecular weight excluding hydrogens is 493 g/mol. The first-order valence-corrected chi connectivity index (χ1v) is 12.3. The number of nitrogens with one attached hydrogen (secondary N) is 2. The molecule has 36 heavy (non-hydrogen) atoms. The van der Waals surface area contributed by atoms with Crippen molar-refractivity contribution in [3.8, 4) is 23.0 Å². The molecule has 0 spiro atoms. The Balaban J connectivity index is 1.61. The third-order valence-corrected chi connectivity index (χ3v) is 6.75. The highest BCUT2D eigenvalue weighted by molar-refractivity contribution is 7.92. The molecular formula is C23H24FN5O6S. The minimum absolute atomic E-state index is 0.0325. The number of aromatic nitrogens is 4. The molecule has 0 amide bonds. The molecule has 13 heteroatoms. The highest BCUT2D eigenvalue weighted by atomic mass is 32.2. The van der Waals surface area contributed by atoms with Crippen molar-refractivity contribution in [2.24, 2.45) is 5.92 Å². The molecule has 0 saturated carbocycles. The van der Waals surface area contributed by atoms with Gasteiger partial charge < -0.3 is 19.7 Å². The Hall–Kier alpha value is -3.81. The Bertz CT molecular complexity index is 1470. The molecule has 0 bridgehead atoms. The number of H-pyrrole nitrogens is 1. The molecule has 0 aliphatic heterocycles. The summed E-state index contributed by atoms with van der Waals surface area (Å²) >= 11 is 0. The quantitative estimate of drug-likeness (QED) is 0.247. The highest BCUT2D eigenvalue weighted by Crippen LogP contribution is 2.29. The number of methoxy groups -OCH3 is 1. The summed E-state index contributed by atoms with van der Waals surface area (Å²) in [4.78, 5) is 8.37. The minimum Gasteiger partial charge on any atom is -0.497 e. The van der Waals surface area contributed by atoms with Gasteiger partial charge in [0.2, 0.25) is 5.88 Å². The van der Waals surface area contributed by atoms with E-state index < -0.39 is 26.7 Å². The number of anilines is 1. The van der Waals surface area contributed by atoms with E-state index in [-0.39, 0.29) is 43.0 Å². The van der Waals surface area contributed by atoms with Crippen LogP contribution in [0.3, 0.4) is 0 Å². The second kappa shape index (κ2) is 10.4. The van der Waals surface area contributed by atoms with E-state index in [2.05, 4.69) is 24.9 Å². The second-order valence-corrected chi connectivity index (χ2v) is 9.57. The van der Waals surface area contributed by atoms with Crippen molar-refractivity contribution in [2.45, 2.75) is 11.8 Å². The van der Waals surface area contributed by atoms with Crippen molar-refractivity contribution in [3.63, 3.8) is 0 Å². The number of hydrogen-bond donors (Lipinski definition) is 4. The molecule has 0 aliphatic rings. The van der Waals surface area contributed by atoms with Gasteiger partial charge in [-0.2, -0.15) is 10.1 Å². The average Bonchev–Trinajstić information content (AvgIpc) is 3.25. The lowest BCUT2D eigenvalue weighted by Gasteiger charge is -2.13. The molecule has 4 N–H and O–H groups in total.